The van der Waals surface area contributed by atoms with Gasteiger partial charge in [-0.15, -0.1) is 11.6 Å². The molecule has 1 atom stereocenters. The maximum Gasteiger partial charge on any atom is 0.122 e. The average Bonchev–Trinajstić information content (AvgIpc) is 2.16. The second kappa shape index (κ2) is 4.73. The van der Waals surface area contributed by atoms with E-state index in [9.17, 15) is 0 Å². The number of ether oxygens (including phenoxy) is 1. The molecule has 1 nitrogen and oxygen atoms in total. The van der Waals surface area contributed by atoms with Crippen molar-refractivity contribution in [2.75, 3.05) is 13.0 Å². The Bertz CT molecular complexity index is 286. The Morgan fingerprint density at radius 2 is 2.15 bits per heavy atom. The van der Waals surface area contributed by atoms with E-state index in [1.807, 2.05) is 25.1 Å². The third-order valence-corrected chi connectivity index (χ3v) is 2.65. The molecular weight excluding hydrogens is 207 g/mol. The summed E-state index contributed by atoms with van der Waals surface area (Å²) in [5.74, 6) is 1.67. The summed E-state index contributed by atoms with van der Waals surface area (Å²) in [5, 5.41) is 0.716. The Labute approximate surface area is 88.6 Å². The zero-order chi connectivity index (χ0) is 9.84. The molecule has 0 aliphatic heterocycles. The number of hydrogen-bond acceptors (Lipinski definition) is 1. The van der Waals surface area contributed by atoms with Gasteiger partial charge in [-0.05, 0) is 29.7 Å². The van der Waals surface area contributed by atoms with Gasteiger partial charge in [-0.3, -0.25) is 0 Å². The first kappa shape index (κ1) is 10.7. The number of hydrogen-bond donors (Lipinski definition) is 0. The second-order valence-electron chi connectivity index (χ2n) is 2.94. The molecule has 0 saturated heterocycles. The molecule has 0 amide bonds. The van der Waals surface area contributed by atoms with Gasteiger partial charge in [0.15, 0.2) is 0 Å². The summed E-state index contributed by atoms with van der Waals surface area (Å²) < 4.78 is 5.21. The van der Waals surface area contributed by atoms with Crippen LogP contribution in [0, 0.1) is 0 Å². The summed E-state index contributed by atoms with van der Waals surface area (Å²) in [6.07, 6.45) is 0. The summed E-state index contributed by atoms with van der Waals surface area (Å²) in [4.78, 5) is 0. The van der Waals surface area contributed by atoms with Crippen LogP contribution in [-0.2, 0) is 0 Å². The van der Waals surface area contributed by atoms with Gasteiger partial charge in [0.05, 0.1) is 7.11 Å². The number of benzene rings is 1. The third-order valence-electron chi connectivity index (χ3n) is 1.95. The van der Waals surface area contributed by atoms with Crippen molar-refractivity contribution in [3.05, 3.63) is 28.8 Å². The summed E-state index contributed by atoms with van der Waals surface area (Å²) in [5.41, 5.74) is 1.06. The highest BCUT2D eigenvalue weighted by Crippen LogP contribution is 2.29. The van der Waals surface area contributed by atoms with Crippen LogP contribution in [0.2, 0.25) is 5.02 Å². The zero-order valence-corrected chi connectivity index (χ0v) is 9.19. The van der Waals surface area contributed by atoms with E-state index in [1.54, 1.807) is 7.11 Å². The average molecular weight is 219 g/mol. The van der Waals surface area contributed by atoms with Gasteiger partial charge in [0.2, 0.25) is 0 Å². The minimum absolute atomic E-state index is 0.260. The number of methoxy groups -OCH3 is 1. The van der Waals surface area contributed by atoms with Crippen molar-refractivity contribution in [1.82, 2.24) is 0 Å². The smallest absolute Gasteiger partial charge is 0.122 e. The minimum atomic E-state index is 0.260. The van der Waals surface area contributed by atoms with E-state index >= 15 is 0 Å². The molecule has 0 aliphatic carbocycles. The summed E-state index contributed by atoms with van der Waals surface area (Å²) >= 11 is 11.6. The molecule has 13 heavy (non-hydrogen) atoms. The van der Waals surface area contributed by atoms with Crippen LogP contribution in [-0.4, -0.2) is 13.0 Å². The lowest BCUT2D eigenvalue weighted by Gasteiger charge is -2.13. The largest absolute Gasteiger partial charge is 0.496 e. The molecule has 0 fully saturated rings. The van der Waals surface area contributed by atoms with Crippen molar-refractivity contribution in [3.63, 3.8) is 0 Å². The highest BCUT2D eigenvalue weighted by Gasteiger charge is 2.10. The summed E-state index contributed by atoms with van der Waals surface area (Å²) in [7, 11) is 1.65. The van der Waals surface area contributed by atoms with Gasteiger partial charge in [-0.2, -0.15) is 0 Å². The van der Waals surface area contributed by atoms with Gasteiger partial charge in [-0.1, -0.05) is 18.5 Å². The Hall–Kier alpha value is -0.400. The summed E-state index contributed by atoms with van der Waals surface area (Å²) in [6, 6.07) is 5.57. The third kappa shape index (κ3) is 2.52. The number of alkyl halides is 1. The van der Waals surface area contributed by atoms with E-state index in [1.165, 1.54) is 0 Å². The fraction of sp³-hybridized carbons (Fsp3) is 0.400. The lowest BCUT2D eigenvalue weighted by molar-refractivity contribution is 0.407. The van der Waals surface area contributed by atoms with Gasteiger partial charge in [-0.25, -0.2) is 0 Å². The molecule has 0 aliphatic rings. The quantitative estimate of drug-likeness (QED) is 0.704. The van der Waals surface area contributed by atoms with Gasteiger partial charge in [0.25, 0.3) is 0 Å². The normalized spacial score (nSPS) is 12.6. The summed E-state index contributed by atoms with van der Waals surface area (Å²) in [6.45, 7) is 2.04. The predicted molar refractivity (Wildman–Crippen MR) is 57.1 cm³/mol. The molecule has 72 valence electrons. The van der Waals surface area contributed by atoms with E-state index in [-0.39, 0.29) is 5.92 Å². The van der Waals surface area contributed by atoms with Crippen LogP contribution in [0.3, 0.4) is 0 Å². The van der Waals surface area contributed by atoms with Crippen LogP contribution in [0.1, 0.15) is 18.4 Å². The van der Waals surface area contributed by atoms with Crippen LogP contribution < -0.4 is 4.74 Å². The van der Waals surface area contributed by atoms with E-state index in [2.05, 4.69) is 0 Å². The lowest BCUT2D eigenvalue weighted by Crippen LogP contribution is -1.98. The Morgan fingerprint density at radius 1 is 1.46 bits per heavy atom. The molecule has 0 aromatic heterocycles. The minimum Gasteiger partial charge on any atom is -0.496 e. The fourth-order valence-electron chi connectivity index (χ4n) is 1.17. The van der Waals surface area contributed by atoms with E-state index in [4.69, 9.17) is 27.9 Å². The first-order chi connectivity index (χ1) is 6.19. The van der Waals surface area contributed by atoms with Gasteiger partial charge < -0.3 is 4.74 Å². The van der Waals surface area contributed by atoms with Crippen molar-refractivity contribution in [1.29, 1.82) is 0 Å². The molecule has 0 radical (unpaired) electrons. The molecule has 0 heterocycles. The molecular formula is C10H12Cl2O. The molecule has 3 heteroatoms. The van der Waals surface area contributed by atoms with E-state index in [0.29, 0.717) is 10.9 Å². The van der Waals surface area contributed by atoms with Crippen molar-refractivity contribution in [2.45, 2.75) is 12.8 Å². The maximum absolute atomic E-state index is 5.88. The fourth-order valence-corrected chi connectivity index (χ4v) is 1.52. The van der Waals surface area contributed by atoms with Crippen LogP contribution in [0.4, 0.5) is 0 Å². The highest BCUT2D eigenvalue weighted by molar-refractivity contribution is 6.30. The first-order valence-corrected chi connectivity index (χ1v) is 4.99. The van der Waals surface area contributed by atoms with Crippen molar-refractivity contribution >= 4 is 23.2 Å². The first-order valence-electron chi connectivity index (χ1n) is 4.08. The number of rotatable bonds is 3. The molecule has 0 N–H and O–H groups in total. The van der Waals surface area contributed by atoms with Crippen molar-refractivity contribution in [3.8, 4) is 5.75 Å². The van der Waals surface area contributed by atoms with E-state index < -0.39 is 0 Å². The van der Waals surface area contributed by atoms with Gasteiger partial charge in [0, 0.05) is 10.9 Å². The SMILES string of the molecule is COc1ccc(Cl)cc1C(C)CCl. The molecule has 1 aromatic carbocycles. The Kier molecular flexibility index (Phi) is 3.89. The highest BCUT2D eigenvalue weighted by atomic mass is 35.5. The van der Waals surface area contributed by atoms with Crippen LogP contribution in [0.25, 0.3) is 0 Å². The van der Waals surface area contributed by atoms with Crippen molar-refractivity contribution < 1.29 is 4.74 Å². The molecule has 1 rings (SSSR count). The Morgan fingerprint density at radius 3 is 2.69 bits per heavy atom. The monoisotopic (exact) mass is 218 g/mol. The second-order valence-corrected chi connectivity index (χ2v) is 3.69. The Balaban J connectivity index is 3.07. The van der Waals surface area contributed by atoms with Gasteiger partial charge in [0.1, 0.15) is 5.75 Å². The van der Waals surface area contributed by atoms with E-state index in [0.717, 1.165) is 11.3 Å². The van der Waals surface area contributed by atoms with Gasteiger partial charge >= 0.3 is 0 Å². The molecule has 0 saturated carbocycles. The predicted octanol–water partition coefficient (Wildman–Crippen LogP) is 3.69. The topological polar surface area (TPSA) is 9.23 Å². The van der Waals surface area contributed by atoms with Crippen molar-refractivity contribution in [2.24, 2.45) is 0 Å². The lowest BCUT2D eigenvalue weighted by atomic mass is 10.0. The molecule has 1 unspecified atom stereocenters. The zero-order valence-electron chi connectivity index (χ0n) is 7.68. The maximum atomic E-state index is 5.88. The number of halogens is 2. The molecule has 0 bridgehead atoms. The molecule has 1 aromatic rings. The van der Waals surface area contributed by atoms with Crippen LogP contribution in [0.5, 0.6) is 5.75 Å². The van der Waals surface area contributed by atoms with Crippen LogP contribution in [0.15, 0.2) is 18.2 Å². The molecule has 0 spiro atoms. The van der Waals surface area contributed by atoms with Crippen LogP contribution >= 0.6 is 23.2 Å². The standard InChI is InChI=1S/C10H12Cl2O/c1-7(6-11)9-5-8(12)3-4-10(9)13-2/h3-5,7H,6H2,1-2H3.